The number of unbranched alkanes of at least 4 members (excludes halogenated alkanes) is 1. The highest BCUT2D eigenvalue weighted by Crippen LogP contribution is 2.18. The molecule has 0 saturated heterocycles. The molecule has 0 fully saturated rings. The summed E-state index contributed by atoms with van der Waals surface area (Å²) in [6, 6.07) is 0.354. The molecule has 0 aliphatic rings. The van der Waals surface area contributed by atoms with Gasteiger partial charge in [-0.25, -0.2) is 0 Å². The number of nitrogens with two attached hydrogens (primary N) is 1. The van der Waals surface area contributed by atoms with Crippen LogP contribution in [0.2, 0.25) is 0 Å². The van der Waals surface area contributed by atoms with Crippen molar-refractivity contribution in [3.05, 3.63) is 0 Å². The Kier molecular flexibility index (Phi) is 8.78. The number of hydrogen-bond acceptors (Lipinski definition) is 1. The normalized spacial score (nSPS) is 14.3. The van der Waals surface area contributed by atoms with E-state index < -0.39 is 0 Å². The van der Waals surface area contributed by atoms with E-state index in [9.17, 15) is 0 Å². The fourth-order valence-corrected chi connectivity index (χ4v) is 1.79. The van der Waals surface area contributed by atoms with Gasteiger partial charge in [0.05, 0.1) is 0 Å². The molecule has 82 valence electrons. The summed E-state index contributed by atoms with van der Waals surface area (Å²) in [7, 11) is 0. The number of rotatable bonds is 7. The van der Waals surface area contributed by atoms with Crippen LogP contribution in [0.3, 0.4) is 0 Å². The summed E-state index contributed by atoms with van der Waals surface area (Å²) in [4.78, 5) is 0. The molecule has 0 aliphatic carbocycles. The molecule has 0 aromatic heterocycles. The molecule has 0 bridgehead atoms. The van der Waals surface area contributed by atoms with E-state index in [4.69, 9.17) is 5.73 Å². The van der Waals surface area contributed by atoms with Crippen molar-refractivity contribution in [1.29, 1.82) is 0 Å². The van der Waals surface area contributed by atoms with Gasteiger partial charge >= 0.3 is 0 Å². The summed E-state index contributed by atoms with van der Waals surface area (Å²) in [5, 5.41) is 0. The van der Waals surface area contributed by atoms with Crippen LogP contribution in [-0.4, -0.2) is 6.04 Å². The van der Waals surface area contributed by atoms with Gasteiger partial charge in [0.1, 0.15) is 0 Å². The molecule has 0 aliphatic heterocycles. The van der Waals surface area contributed by atoms with Gasteiger partial charge in [0.15, 0.2) is 0 Å². The van der Waals surface area contributed by atoms with Crippen LogP contribution in [0.4, 0.5) is 0 Å². The molecule has 1 heteroatoms. The Labute approximate surface area is 89.5 Å². The van der Waals surface area contributed by atoms with Gasteiger partial charge in [-0.3, -0.25) is 0 Å². The Balaban J connectivity index is 3.76. The fraction of sp³-hybridized carbons (Fsp3) is 0.846. The lowest BCUT2D eigenvalue weighted by atomic mass is 9.89. The van der Waals surface area contributed by atoms with Gasteiger partial charge < -0.3 is 5.73 Å². The van der Waals surface area contributed by atoms with Crippen molar-refractivity contribution < 1.29 is 0 Å². The maximum absolute atomic E-state index is 6.14. The zero-order valence-electron chi connectivity index (χ0n) is 9.97. The first-order valence-electron chi connectivity index (χ1n) is 5.91. The summed E-state index contributed by atoms with van der Waals surface area (Å²) in [6.07, 6.45) is 7.10. The molecule has 14 heavy (non-hydrogen) atoms. The molecule has 0 amide bonds. The minimum Gasteiger partial charge on any atom is -0.327 e. The third kappa shape index (κ3) is 6.05. The minimum atomic E-state index is 0.354. The molecule has 1 nitrogen and oxygen atoms in total. The lowest BCUT2D eigenvalue weighted by molar-refractivity contribution is 0.358. The predicted octanol–water partition coefficient (Wildman–Crippen LogP) is 3.33. The standard InChI is InChI=1S/C13H25N/c1-4-7-9-11-13(14)12(6-3)10-8-5-2/h12-13H,5-6,8-11,14H2,1-3H3. The first kappa shape index (κ1) is 13.5. The topological polar surface area (TPSA) is 26.0 Å². The van der Waals surface area contributed by atoms with Crippen molar-refractivity contribution in [2.45, 2.75) is 65.3 Å². The van der Waals surface area contributed by atoms with Crippen molar-refractivity contribution >= 4 is 0 Å². The van der Waals surface area contributed by atoms with Crippen LogP contribution in [0.5, 0.6) is 0 Å². The van der Waals surface area contributed by atoms with Gasteiger partial charge in [-0.2, -0.15) is 0 Å². The summed E-state index contributed by atoms with van der Waals surface area (Å²) < 4.78 is 0. The van der Waals surface area contributed by atoms with Crippen molar-refractivity contribution in [2.24, 2.45) is 11.7 Å². The van der Waals surface area contributed by atoms with Crippen molar-refractivity contribution in [2.75, 3.05) is 0 Å². The van der Waals surface area contributed by atoms with Crippen LogP contribution in [0.15, 0.2) is 0 Å². The molecule has 0 aromatic carbocycles. The monoisotopic (exact) mass is 195 g/mol. The lowest BCUT2D eigenvalue weighted by Crippen LogP contribution is -2.29. The zero-order valence-corrected chi connectivity index (χ0v) is 9.97. The molecular formula is C13H25N. The van der Waals surface area contributed by atoms with Gasteiger partial charge in [-0.05, 0) is 25.7 Å². The van der Waals surface area contributed by atoms with Gasteiger partial charge in [0, 0.05) is 12.5 Å². The van der Waals surface area contributed by atoms with Crippen LogP contribution in [0.25, 0.3) is 0 Å². The molecule has 2 unspecified atom stereocenters. The molecular weight excluding hydrogens is 170 g/mol. The van der Waals surface area contributed by atoms with Gasteiger partial charge in [0.25, 0.3) is 0 Å². The summed E-state index contributed by atoms with van der Waals surface area (Å²) in [5.41, 5.74) is 6.14. The maximum atomic E-state index is 6.14. The van der Waals surface area contributed by atoms with E-state index in [-0.39, 0.29) is 0 Å². The molecule has 0 aromatic rings. The molecule has 2 N–H and O–H groups in total. The predicted molar refractivity (Wildman–Crippen MR) is 64.0 cm³/mol. The lowest BCUT2D eigenvalue weighted by Gasteiger charge is -2.21. The first-order valence-corrected chi connectivity index (χ1v) is 5.91. The quantitative estimate of drug-likeness (QED) is 0.620. The Morgan fingerprint density at radius 2 is 1.93 bits per heavy atom. The summed E-state index contributed by atoms with van der Waals surface area (Å²) in [6.45, 7) is 6.37. The van der Waals surface area contributed by atoms with Crippen LogP contribution in [0.1, 0.15) is 59.3 Å². The highest BCUT2D eigenvalue weighted by molar-refractivity contribution is 4.95. The molecule has 0 saturated carbocycles. The average molecular weight is 195 g/mol. The largest absolute Gasteiger partial charge is 0.327 e. The molecule has 0 heterocycles. The summed E-state index contributed by atoms with van der Waals surface area (Å²) in [5.74, 6) is 6.70. The smallest absolute Gasteiger partial charge is 0.0103 e. The van der Waals surface area contributed by atoms with Gasteiger partial charge in [-0.15, -0.1) is 11.8 Å². The maximum Gasteiger partial charge on any atom is 0.0103 e. The Hall–Kier alpha value is -0.480. The van der Waals surface area contributed by atoms with Crippen LogP contribution in [-0.2, 0) is 0 Å². The first-order chi connectivity index (χ1) is 6.76. The van der Waals surface area contributed by atoms with Crippen molar-refractivity contribution in [1.82, 2.24) is 0 Å². The third-order valence-corrected chi connectivity index (χ3v) is 2.84. The van der Waals surface area contributed by atoms with Crippen molar-refractivity contribution in [3.63, 3.8) is 0 Å². The van der Waals surface area contributed by atoms with Crippen LogP contribution < -0.4 is 5.73 Å². The SMILES string of the molecule is CC#CCCC(N)C(CC)CCCC. The number of hydrogen-bond donors (Lipinski definition) is 1. The van der Waals surface area contributed by atoms with E-state index >= 15 is 0 Å². The van der Waals surface area contributed by atoms with E-state index in [1.54, 1.807) is 0 Å². The second kappa shape index (κ2) is 9.09. The zero-order chi connectivity index (χ0) is 10.8. The van der Waals surface area contributed by atoms with E-state index in [1.165, 1.54) is 25.7 Å². The van der Waals surface area contributed by atoms with Gasteiger partial charge in [0.2, 0.25) is 0 Å². The van der Waals surface area contributed by atoms with E-state index in [0.717, 1.165) is 12.8 Å². The Bertz CT molecular complexity index is 175. The highest BCUT2D eigenvalue weighted by atomic mass is 14.6. The fourth-order valence-electron chi connectivity index (χ4n) is 1.79. The summed E-state index contributed by atoms with van der Waals surface area (Å²) >= 11 is 0. The molecule has 0 rings (SSSR count). The average Bonchev–Trinajstić information content (AvgIpc) is 2.19. The van der Waals surface area contributed by atoms with E-state index in [0.29, 0.717) is 12.0 Å². The minimum absolute atomic E-state index is 0.354. The molecule has 0 radical (unpaired) electrons. The second-order valence-electron chi connectivity index (χ2n) is 3.94. The van der Waals surface area contributed by atoms with Crippen LogP contribution in [0, 0.1) is 17.8 Å². The van der Waals surface area contributed by atoms with Crippen LogP contribution >= 0.6 is 0 Å². The molecule has 2 atom stereocenters. The Morgan fingerprint density at radius 1 is 1.21 bits per heavy atom. The molecule has 0 spiro atoms. The van der Waals surface area contributed by atoms with Crippen molar-refractivity contribution in [3.8, 4) is 11.8 Å². The van der Waals surface area contributed by atoms with Gasteiger partial charge in [-0.1, -0.05) is 33.1 Å². The Morgan fingerprint density at radius 3 is 2.43 bits per heavy atom. The second-order valence-corrected chi connectivity index (χ2v) is 3.94. The van der Waals surface area contributed by atoms with E-state index in [1.807, 2.05) is 6.92 Å². The highest BCUT2D eigenvalue weighted by Gasteiger charge is 2.14. The van der Waals surface area contributed by atoms with E-state index in [2.05, 4.69) is 25.7 Å². The third-order valence-electron chi connectivity index (χ3n) is 2.84.